The Hall–Kier alpha value is -2.31. The van der Waals surface area contributed by atoms with Crippen molar-refractivity contribution >= 4 is 5.82 Å². The molecule has 0 aliphatic carbocycles. The van der Waals surface area contributed by atoms with E-state index in [1.807, 2.05) is 0 Å². The SMILES string of the molecule is CNc1nc(Oc2ccc(F)cc2F)c(F)cc1F. The minimum Gasteiger partial charge on any atom is -0.433 e. The highest BCUT2D eigenvalue weighted by atomic mass is 19.1. The number of aromatic nitrogens is 1. The minimum absolute atomic E-state index is 0.251. The molecule has 19 heavy (non-hydrogen) atoms. The van der Waals surface area contributed by atoms with Gasteiger partial charge in [0.05, 0.1) is 0 Å². The van der Waals surface area contributed by atoms with Crippen molar-refractivity contribution in [3.8, 4) is 11.6 Å². The van der Waals surface area contributed by atoms with Gasteiger partial charge >= 0.3 is 0 Å². The second kappa shape index (κ2) is 5.13. The number of nitrogens with one attached hydrogen (secondary N) is 1. The molecule has 100 valence electrons. The molecule has 0 unspecified atom stereocenters. The van der Waals surface area contributed by atoms with Gasteiger partial charge in [-0.3, -0.25) is 0 Å². The normalized spacial score (nSPS) is 10.4. The summed E-state index contributed by atoms with van der Waals surface area (Å²) in [4.78, 5) is 3.51. The summed E-state index contributed by atoms with van der Waals surface area (Å²) in [7, 11) is 1.38. The van der Waals surface area contributed by atoms with Crippen LogP contribution in [0.15, 0.2) is 24.3 Å². The second-order valence-electron chi connectivity index (χ2n) is 3.53. The molecule has 0 radical (unpaired) electrons. The highest BCUT2D eigenvalue weighted by molar-refractivity contribution is 5.40. The number of hydrogen-bond acceptors (Lipinski definition) is 3. The van der Waals surface area contributed by atoms with Gasteiger partial charge in [0.2, 0.25) is 0 Å². The van der Waals surface area contributed by atoms with Crippen LogP contribution in [0.2, 0.25) is 0 Å². The van der Waals surface area contributed by atoms with E-state index in [-0.39, 0.29) is 5.82 Å². The van der Waals surface area contributed by atoms with E-state index in [1.54, 1.807) is 0 Å². The summed E-state index contributed by atoms with van der Waals surface area (Å²) in [6.45, 7) is 0. The predicted octanol–water partition coefficient (Wildman–Crippen LogP) is 3.47. The number of rotatable bonds is 3. The van der Waals surface area contributed by atoms with Crippen molar-refractivity contribution in [2.45, 2.75) is 0 Å². The first-order chi connectivity index (χ1) is 9.01. The Morgan fingerprint density at radius 2 is 1.74 bits per heavy atom. The van der Waals surface area contributed by atoms with Gasteiger partial charge in [0.15, 0.2) is 29.0 Å². The van der Waals surface area contributed by atoms with Crippen LogP contribution in [0, 0.1) is 23.3 Å². The number of benzene rings is 1. The molecule has 0 saturated carbocycles. The molecule has 1 aromatic heterocycles. The van der Waals surface area contributed by atoms with E-state index in [1.165, 1.54) is 7.05 Å². The highest BCUT2D eigenvalue weighted by Gasteiger charge is 2.15. The third kappa shape index (κ3) is 2.75. The van der Waals surface area contributed by atoms with Crippen molar-refractivity contribution in [3.63, 3.8) is 0 Å². The highest BCUT2D eigenvalue weighted by Crippen LogP contribution is 2.27. The standard InChI is InChI=1S/C12H8F4N2O/c1-17-11-8(15)5-9(16)12(18-11)19-10-3-2-6(13)4-7(10)14/h2-5H,1H3,(H,17,18). The molecule has 0 bridgehead atoms. The first-order valence-electron chi connectivity index (χ1n) is 5.18. The summed E-state index contributed by atoms with van der Waals surface area (Å²) in [5, 5.41) is 2.39. The van der Waals surface area contributed by atoms with E-state index in [0.29, 0.717) is 12.1 Å². The van der Waals surface area contributed by atoms with Gasteiger partial charge in [-0.15, -0.1) is 0 Å². The van der Waals surface area contributed by atoms with Gasteiger partial charge in [0.1, 0.15) is 5.82 Å². The Bertz CT molecular complexity index is 619. The van der Waals surface area contributed by atoms with Crippen LogP contribution >= 0.6 is 0 Å². The first-order valence-corrected chi connectivity index (χ1v) is 5.18. The van der Waals surface area contributed by atoms with Gasteiger partial charge in [0.25, 0.3) is 5.88 Å². The number of ether oxygens (including phenoxy) is 1. The number of hydrogen-bond donors (Lipinski definition) is 1. The van der Waals surface area contributed by atoms with Gasteiger partial charge in [0, 0.05) is 19.2 Å². The number of pyridine rings is 1. The zero-order valence-electron chi connectivity index (χ0n) is 9.68. The van der Waals surface area contributed by atoms with E-state index in [4.69, 9.17) is 4.74 Å². The lowest BCUT2D eigenvalue weighted by atomic mass is 10.3. The van der Waals surface area contributed by atoms with Gasteiger partial charge < -0.3 is 10.1 Å². The molecule has 0 spiro atoms. The zero-order chi connectivity index (χ0) is 14.0. The molecule has 2 aromatic rings. The fourth-order valence-corrected chi connectivity index (χ4v) is 1.36. The quantitative estimate of drug-likeness (QED) is 0.869. The summed E-state index contributed by atoms with van der Waals surface area (Å²) < 4.78 is 57.4. The van der Waals surface area contributed by atoms with Crippen molar-refractivity contribution in [3.05, 3.63) is 47.5 Å². The fourth-order valence-electron chi connectivity index (χ4n) is 1.36. The smallest absolute Gasteiger partial charge is 0.258 e. The summed E-state index contributed by atoms with van der Waals surface area (Å²) in [6, 6.07) is 3.05. The van der Waals surface area contributed by atoms with Gasteiger partial charge in [-0.05, 0) is 12.1 Å². The second-order valence-corrected chi connectivity index (χ2v) is 3.53. The Labute approximate surface area is 105 Å². The molecule has 0 saturated heterocycles. The van der Waals surface area contributed by atoms with Crippen LogP contribution in [0.1, 0.15) is 0 Å². The van der Waals surface area contributed by atoms with E-state index in [0.717, 1.165) is 12.1 Å². The van der Waals surface area contributed by atoms with Crippen LogP contribution in [0.3, 0.4) is 0 Å². The Balaban J connectivity index is 2.37. The molecule has 0 aliphatic heterocycles. The van der Waals surface area contributed by atoms with Crippen molar-refractivity contribution in [2.75, 3.05) is 12.4 Å². The van der Waals surface area contributed by atoms with Crippen molar-refractivity contribution in [1.82, 2.24) is 4.98 Å². The van der Waals surface area contributed by atoms with Crippen LogP contribution in [-0.4, -0.2) is 12.0 Å². The molecular formula is C12H8F4N2O. The van der Waals surface area contributed by atoms with Gasteiger partial charge in [-0.25, -0.2) is 17.6 Å². The van der Waals surface area contributed by atoms with Crippen LogP contribution in [0.5, 0.6) is 11.6 Å². The lowest BCUT2D eigenvalue weighted by Crippen LogP contribution is -2.01. The van der Waals surface area contributed by atoms with Crippen molar-refractivity contribution < 1.29 is 22.3 Å². The molecular weight excluding hydrogens is 264 g/mol. The maximum Gasteiger partial charge on any atom is 0.258 e. The topological polar surface area (TPSA) is 34.2 Å². The maximum absolute atomic E-state index is 13.4. The monoisotopic (exact) mass is 272 g/mol. The van der Waals surface area contributed by atoms with E-state index in [2.05, 4.69) is 10.3 Å². The molecule has 0 fully saturated rings. The lowest BCUT2D eigenvalue weighted by molar-refractivity contribution is 0.393. The van der Waals surface area contributed by atoms with Crippen molar-refractivity contribution in [2.24, 2.45) is 0 Å². The first kappa shape index (κ1) is 13.1. The molecule has 1 aromatic carbocycles. The molecule has 1 heterocycles. The largest absolute Gasteiger partial charge is 0.433 e. The molecule has 3 nitrogen and oxygen atoms in total. The Kier molecular flexibility index (Phi) is 3.55. The van der Waals surface area contributed by atoms with Crippen LogP contribution < -0.4 is 10.1 Å². The molecule has 2 rings (SSSR count). The lowest BCUT2D eigenvalue weighted by Gasteiger charge is -2.09. The zero-order valence-corrected chi connectivity index (χ0v) is 9.68. The van der Waals surface area contributed by atoms with E-state index >= 15 is 0 Å². The predicted molar refractivity (Wildman–Crippen MR) is 60.1 cm³/mol. The summed E-state index contributed by atoms with van der Waals surface area (Å²) in [5.74, 6) is -5.10. The summed E-state index contributed by atoms with van der Waals surface area (Å²) in [6.07, 6.45) is 0. The van der Waals surface area contributed by atoms with Crippen LogP contribution in [-0.2, 0) is 0 Å². The number of nitrogens with zero attached hydrogens (tertiary/aromatic N) is 1. The third-order valence-corrected chi connectivity index (χ3v) is 2.23. The molecule has 7 heteroatoms. The Morgan fingerprint density at radius 3 is 2.37 bits per heavy atom. The van der Waals surface area contributed by atoms with Crippen LogP contribution in [0.25, 0.3) is 0 Å². The average molecular weight is 272 g/mol. The average Bonchev–Trinajstić information content (AvgIpc) is 2.35. The maximum atomic E-state index is 13.4. The molecule has 0 aliphatic rings. The third-order valence-electron chi connectivity index (χ3n) is 2.23. The molecule has 1 N–H and O–H groups in total. The van der Waals surface area contributed by atoms with E-state index in [9.17, 15) is 17.6 Å². The van der Waals surface area contributed by atoms with E-state index < -0.39 is 34.9 Å². The molecule has 0 amide bonds. The van der Waals surface area contributed by atoms with Crippen LogP contribution in [0.4, 0.5) is 23.4 Å². The fraction of sp³-hybridized carbons (Fsp3) is 0.0833. The van der Waals surface area contributed by atoms with Crippen molar-refractivity contribution in [1.29, 1.82) is 0 Å². The number of anilines is 1. The number of halogens is 4. The van der Waals surface area contributed by atoms with Gasteiger partial charge in [-0.1, -0.05) is 0 Å². The summed E-state index contributed by atoms with van der Waals surface area (Å²) in [5.41, 5.74) is 0. The Morgan fingerprint density at radius 1 is 1.00 bits per heavy atom. The minimum atomic E-state index is -1.10. The molecule has 0 atom stereocenters. The van der Waals surface area contributed by atoms with Gasteiger partial charge in [-0.2, -0.15) is 4.98 Å². The summed E-state index contributed by atoms with van der Waals surface area (Å²) >= 11 is 0.